The number of imidazole rings is 1. The zero-order valence-corrected chi connectivity index (χ0v) is 19.1. The third-order valence-electron chi connectivity index (χ3n) is 6.62. The summed E-state index contributed by atoms with van der Waals surface area (Å²) in [6.45, 7) is 0.768. The van der Waals surface area contributed by atoms with E-state index in [9.17, 15) is 24.0 Å². The van der Waals surface area contributed by atoms with E-state index in [2.05, 4.69) is 10.6 Å². The number of carboxylic acids is 1. The number of carbonyl (C=O) groups excluding carboxylic acids is 3. The van der Waals surface area contributed by atoms with Crippen molar-refractivity contribution in [3.05, 3.63) is 34.2 Å². The van der Waals surface area contributed by atoms with Gasteiger partial charge in [-0.05, 0) is 43.4 Å². The normalized spacial score (nSPS) is 21.2. The standard InChI is InChI=1S/C23H29N5O6/c1-26-18-11-14(5-3-2-4-10-27-13-15(22(32)33)24-12-20(27)30)6-7-16(18)28(23(26)34)17-8-9-19(29)25-21(17)31/h6-7,11,15,17,24H,2-5,8-10,12-13H2,1H3,(H,32,33)(H,25,29,31). The maximum Gasteiger partial charge on any atom is 0.329 e. The van der Waals surface area contributed by atoms with Gasteiger partial charge in [0.2, 0.25) is 17.7 Å². The second-order valence-electron chi connectivity index (χ2n) is 8.92. The molecule has 1 aromatic heterocycles. The van der Waals surface area contributed by atoms with Gasteiger partial charge in [-0.1, -0.05) is 12.5 Å². The Kier molecular flexibility index (Phi) is 6.82. The molecule has 3 amide bonds. The number of hydrogen-bond donors (Lipinski definition) is 3. The first-order valence-corrected chi connectivity index (χ1v) is 11.5. The highest BCUT2D eigenvalue weighted by Gasteiger charge is 2.31. The van der Waals surface area contributed by atoms with Crippen molar-refractivity contribution in [1.82, 2.24) is 24.7 Å². The molecule has 0 aliphatic carbocycles. The SMILES string of the molecule is Cn1c(=O)n(C2CCC(=O)NC2=O)c2ccc(CCCCCN3CC(C(=O)O)NCC3=O)cc21. The third kappa shape index (κ3) is 4.74. The lowest BCUT2D eigenvalue weighted by atomic mass is 10.0. The van der Waals surface area contributed by atoms with E-state index in [1.807, 2.05) is 18.2 Å². The van der Waals surface area contributed by atoms with Crippen molar-refractivity contribution in [1.29, 1.82) is 0 Å². The number of amides is 3. The van der Waals surface area contributed by atoms with Crippen molar-refractivity contribution in [3.63, 3.8) is 0 Å². The smallest absolute Gasteiger partial charge is 0.329 e. The van der Waals surface area contributed by atoms with Gasteiger partial charge >= 0.3 is 11.7 Å². The molecule has 1 aromatic carbocycles. The van der Waals surface area contributed by atoms with Crippen LogP contribution in [0.5, 0.6) is 0 Å². The summed E-state index contributed by atoms with van der Waals surface area (Å²) in [7, 11) is 1.67. The first-order chi connectivity index (χ1) is 16.3. The second kappa shape index (κ2) is 9.80. The maximum absolute atomic E-state index is 12.9. The van der Waals surface area contributed by atoms with Crippen LogP contribution in [0.3, 0.4) is 0 Å². The average molecular weight is 472 g/mol. The van der Waals surface area contributed by atoms with Gasteiger partial charge < -0.3 is 10.0 Å². The van der Waals surface area contributed by atoms with Gasteiger partial charge in [0.1, 0.15) is 12.1 Å². The van der Waals surface area contributed by atoms with E-state index in [0.29, 0.717) is 18.5 Å². The van der Waals surface area contributed by atoms with Crippen molar-refractivity contribution in [2.75, 3.05) is 19.6 Å². The first kappa shape index (κ1) is 23.7. The number of hydrogen-bond acceptors (Lipinski definition) is 6. The molecule has 4 rings (SSSR count). The number of carbonyl (C=O) groups is 4. The zero-order chi connectivity index (χ0) is 24.4. The summed E-state index contributed by atoms with van der Waals surface area (Å²) in [4.78, 5) is 61.4. The van der Waals surface area contributed by atoms with E-state index < -0.39 is 24.0 Å². The molecule has 3 heterocycles. The minimum absolute atomic E-state index is 0.0498. The lowest BCUT2D eigenvalue weighted by Gasteiger charge is -2.31. The van der Waals surface area contributed by atoms with E-state index >= 15 is 0 Å². The molecule has 2 aliphatic heterocycles. The zero-order valence-electron chi connectivity index (χ0n) is 19.1. The van der Waals surface area contributed by atoms with E-state index in [1.54, 1.807) is 11.9 Å². The molecular formula is C23H29N5O6. The number of nitrogens with zero attached hydrogens (tertiary/aromatic N) is 3. The fourth-order valence-corrected chi connectivity index (χ4v) is 4.69. The van der Waals surface area contributed by atoms with Crippen LogP contribution in [0, 0.1) is 0 Å². The summed E-state index contributed by atoms with van der Waals surface area (Å²) in [6, 6.07) is 4.33. The number of piperazine rings is 1. The van der Waals surface area contributed by atoms with Crippen molar-refractivity contribution in [3.8, 4) is 0 Å². The fraction of sp³-hybridized carbons (Fsp3) is 0.522. The number of aryl methyl sites for hydroxylation is 2. The monoisotopic (exact) mass is 471 g/mol. The van der Waals surface area contributed by atoms with Gasteiger partial charge in [-0.25, -0.2) is 4.79 Å². The molecule has 2 aliphatic rings. The molecular weight excluding hydrogens is 442 g/mol. The minimum Gasteiger partial charge on any atom is -0.480 e. The van der Waals surface area contributed by atoms with Crippen LogP contribution in [0.2, 0.25) is 0 Å². The first-order valence-electron chi connectivity index (χ1n) is 11.5. The van der Waals surface area contributed by atoms with Gasteiger partial charge in [-0.15, -0.1) is 0 Å². The van der Waals surface area contributed by atoms with E-state index in [-0.39, 0.29) is 37.0 Å². The molecule has 182 valence electrons. The van der Waals surface area contributed by atoms with Crippen LogP contribution in [0.25, 0.3) is 11.0 Å². The number of aromatic nitrogens is 2. The number of fused-ring (bicyclic) bond motifs is 1. The van der Waals surface area contributed by atoms with Crippen molar-refractivity contribution in [2.45, 2.75) is 50.6 Å². The van der Waals surface area contributed by atoms with Crippen LogP contribution in [-0.4, -0.2) is 68.5 Å². The van der Waals surface area contributed by atoms with Gasteiger partial charge in [-0.2, -0.15) is 0 Å². The summed E-state index contributed by atoms with van der Waals surface area (Å²) in [5, 5.41) is 14.2. The minimum atomic E-state index is -0.950. The molecule has 11 nitrogen and oxygen atoms in total. The molecule has 3 N–H and O–H groups in total. The van der Waals surface area contributed by atoms with E-state index in [0.717, 1.165) is 36.8 Å². The number of piperidine rings is 1. The molecule has 2 unspecified atom stereocenters. The maximum atomic E-state index is 12.9. The van der Waals surface area contributed by atoms with Gasteiger partial charge in [0.15, 0.2) is 0 Å². The molecule has 11 heteroatoms. The Morgan fingerprint density at radius 3 is 2.65 bits per heavy atom. The fourth-order valence-electron chi connectivity index (χ4n) is 4.69. The number of unbranched alkanes of at least 4 members (excludes halogenated alkanes) is 2. The number of nitrogens with one attached hydrogen (secondary N) is 2. The highest BCUT2D eigenvalue weighted by Crippen LogP contribution is 2.24. The van der Waals surface area contributed by atoms with Crippen LogP contribution in [-0.2, 0) is 32.6 Å². The van der Waals surface area contributed by atoms with Gasteiger partial charge in [0.25, 0.3) is 0 Å². The number of aliphatic carboxylic acids is 1. The third-order valence-corrected chi connectivity index (χ3v) is 6.62. The number of benzene rings is 1. The second-order valence-corrected chi connectivity index (χ2v) is 8.92. The summed E-state index contributed by atoms with van der Waals surface area (Å²) in [5.41, 5.74) is 2.17. The van der Waals surface area contributed by atoms with E-state index in [4.69, 9.17) is 5.11 Å². The summed E-state index contributed by atoms with van der Waals surface area (Å²) < 4.78 is 2.99. The molecule has 0 spiro atoms. The van der Waals surface area contributed by atoms with Crippen molar-refractivity contribution in [2.24, 2.45) is 7.05 Å². The molecule has 0 radical (unpaired) electrons. The van der Waals surface area contributed by atoms with Crippen molar-refractivity contribution >= 4 is 34.7 Å². The average Bonchev–Trinajstić information content (AvgIpc) is 3.04. The van der Waals surface area contributed by atoms with Gasteiger partial charge in [-0.3, -0.25) is 38.9 Å². The lowest BCUT2D eigenvalue weighted by molar-refractivity contribution is -0.144. The molecule has 0 saturated carbocycles. The molecule has 2 atom stereocenters. The Morgan fingerprint density at radius 2 is 1.91 bits per heavy atom. The summed E-state index contributed by atoms with van der Waals surface area (Å²) in [6.07, 6.45) is 3.84. The van der Waals surface area contributed by atoms with Gasteiger partial charge in [0.05, 0.1) is 17.6 Å². The predicted octanol–water partition coefficient (Wildman–Crippen LogP) is -0.0845. The highest BCUT2D eigenvalue weighted by molar-refractivity contribution is 6.00. The Morgan fingerprint density at radius 1 is 1.12 bits per heavy atom. The van der Waals surface area contributed by atoms with Gasteiger partial charge in [0, 0.05) is 26.6 Å². The molecule has 34 heavy (non-hydrogen) atoms. The topological polar surface area (TPSA) is 143 Å². The van der Waals surface area contributed by atoms with Crippen LogP contribution in [0.4, 0.5) is 0 Å². The van der Waals surface area contributed by atoms with E-state index in [1.165, 1.54) is 9.13 Å². The molecule has 2 saturated heterocycles. The van der Waals surface area contributed by atoms with Crippen LogP contribution >= 0.6 is 0 Å². The Hall–Kier alpha value is -3.47. The van der Waals surface area contributed by atoms with Crippen LogP contribution < -0.4 is 16.3 Å². The predicted molar refractivity (Wildman–Crippen MR) is 122 cm³/mol. The Balaban J connectivity index is 1.36. The highest BCUT2D eigenvalue weighted by atomic mass is 16.4. The number of rotatable bonds is 8. The molecule has 0 bridgehead atoms. The summed E-state index contributed by atoms with van der Waals surface area (Å²) >= 11 is 0. The number of imide groups is 1. The largest absolute Gasteiger partial charge is 0.480 e. The van der Waals surface area contributed by atoms with Crippen LogP contribution in [0.1, 0.15) is 43.7 Å². The molecule has 2 fully saturated rings. The number of carboxylic acid groups (broad SMARTS) is 1. The quantitative estimate of drug-likeness (QED) is 0.361. The lowest BCUT2D eigenvalue weighted by Crippen LogP contribution is -2.57. The summed E-state index contributed by atoms with van der Waals surface area (Å²) in [5.74, 6) is -1.80. The Labute approximate surface area is 195 Å². The molecule has 2 aromatic rings. The Bertz CT molecular complexity index is 1200. The van der Waals surface area contributed by atoms with Crippen LogP contribution in [0.15, 0.2) is 23.0 Å². The van der Waals surface area contributed by atoms with Crippen molar-refractivity contribution < 1.29 is 24.3 Å².